The van der Waals surface area contributed by atoms with E-state index in [1.165, 1.54) is 12.8 Å². The molecule has 0 aromatic heterocycles. The number of allylic oxidation sites excluding steroid dienone is 3. The molecule has 1 saturated heterocycles. The van der Waals surface area contributed by atoms with Crippen molar-refractivity contribution in [2.45, 2.75) is 40.5 Å². The average molecular weight is 265 g/mol. The SMILES string of the molecule is CC=C[C@@H](C)[C@@H](C)C(=CC(=O)OCC)N1CCCC1. The van der Waals surface area contributed by atoms with Gasteiger partial charge in [-0.15, -0.1) is 0 Å². The lowest BCUT2D eigenvalue weighted by molar-refractivity contribution is -0.137. The molecule has 0 bridgehead atoms. The van der Waals surface area contributed by atoms with Gasteiger partial charge in [0.15, 0.2) is 0 Å². The highest BCUT2D eigenvalue weighted by molar-refractivity contribution is 5.82. The van der Waals surface area contributed by atoms with E-state index in [-0.39, 0.29) is 5.97 Å². The van der Waals surface area contributed by atoms with Crippen molar-refractivity contribution in [2.75, 3.05) is 19.7 Å². The summed E-state index contributed by atoms with van der Waals surface area (Å²) in [4.78, 5) is 14.1. The van der Waals surface area contributed by atoms with Crippen LogP contribution in [0.1, 0.15) is 40.5 Å². The third-order valence-corrected chi connectivity index (χ3v) is 3.77. The van der Waals surface area contributed by atoms with Gasteiger partial charge >= 0.3 is 5.97 Å². The molecule has 1 aliphatic rings. The van der Waals surface area contributed by atoms with E-state index in [1.54, 1.807) is 6.08 Å². The number of carbonyl (C=O) groups is 1. The van der Waals surface area contributed by atoms with Crippen molar-refractivity contribution in [3.63, 3.8) is 0 Å². The van der Waals surface area contributed by atoms with Gasteiger partial charge in [0.2, 0.25) is 0 Å². The Kier molecular flexibility index (Phi) is 6.68. The molecule has 1 rings (SSSR count). The standard InChI is InChI=1S/C16H27NO2/c1-5-9-13(3)14(4)15(12-16(18)19-6-2)17-10-7-8-11-17/h5,9,12-14H,6-8,10-11H2,1-4H3/t13-,14-/m1/s1. The first-order valence-corrected chi connectivity index (χ1v) is 7.36. The monoisotopic (exact) mass is 265 g/mol. The van der Waals surface area contributed by atoms with Crippen LogP contribution in [-0.2, 0) is 9.53 Å². The summed E-state index contributed by atoms with van der Waals surface area (Å²) in [5, 5.41) is 0. The Labute approximate surface area is 117 Å². The third-order valence-electron chi connectivity index (χ3n) is 3.77. The van der Waals surface area contributed by atoms with Crippen LogP contribution < -0.4 is 0 Å². The molecular weight excluding hydrogens is 238 g/mol. The number of hydrogen-bond acceptors (Lipinski definition) is 3. The fraction of sp³-hybridized carbons (Fsp3) is 0.688. The number of likely N-dealkylation sites (tertiary alicyclic amines) is 1. The summed E-state index contributed by atoms with van der Waals surface area (Å²) in [5.74, 6) is 0.536. The summed E-state index contributed by atoms with van der Waals surface area (Å²) >= 11 is 0. The van der Waals surface area contributed by atoms with Crippen molar-refractivity contribution in [1.82, 2.24) is 4.90 Å². The molecule has 0 amide bonds. The fourth-order valence-electron chi connectivity index (χ4n) is 2.53. The van der Waals surface area contributed by atoms with Gasteiger partial charge in [0.25, 0.3) is 0 Å². The van der Waals surface area contributed by atoms with Crippen LogP contribution in [0.3, 0.4) is 0 Å². The number of ether oxygens (including phenoxy) is 1. The van der Waals surface area contributed by atoms with E-state index in [0.717, 1.165) is 18.8 Å². The van der Waals surface area contributed by atoms with Crippen molar-refractivity contribution in [1.29, 1.82) is 0 Å². The van der Waals surface area contributed by atoms with Gasteiger partial charge in [-0.25, -0.2) is 4.79 Å². The topological polar surface area (TPSA) is 29.5 Å². The minimum absolute atomic E-state index is 0.219. The van der Waals surface area contributed by atoms with Crippen molar-refractivity contribution in [3.05, 3.63) is 23.9 Å². The normalized spacial score (nSPS) is 19.8. The molecule has 0 aliphatic carbocycles. The largest absolute Gasteiger partial charge is 0.463 e. The molecule has 108 valence electrons. The lowest BCUT2D eigenvalue weighted by Gasteiger charge is -2.29. The van der Waals surface area contributed by atoms with Crippen LogP contribution >= 0.6 is 0 Å². The molecule has 3 nitrogen and oxygen atoms in total. The molecule has 19 heavy (non-hydrogen) atoms. The summed E-state index contributed by atoms with van der Waals surface area (Å²) in [6.07, 6.45) is 8.39. The highest BCUT2D eigenvalue weighted by Crippen LogP contribution is 2.27. The van der Waals surface area contributed by atoms with Gasteiger partial charge in [0, 0.05) is 30.8 Å². The van der Waals surface area contributed by atoms with Crippen molar-refractivity contribution >= 4 is 5.97 Å². The molecule has 1 heterocycles. The van der Waals surface area contributed by atoms with Crippen LogP contribution in [0, 0.1) is 11.8 Å². The molecule has 2 atom stereocenters. The second-order valence-corrected chi connectivity index (χ2v) is 5.19. The Balaban J connectivity index is 2.87. The quantitative estimate of drug-likeness (QED) is 0.419. The molecule has 0 aromatic carbocycles. The lowest BCUT2D eigenvalue weighted by Crippen LogP contribution is -2.27. The predicted molar refractivity (Wildman–Crippen MR) is 78.7 cm³/mol. The Morgan fingerprint density at radius 2 is 1.95 bits per heavy atom. The number of hydrogen-bond donors (Lipinski definition) is 0. The highest BCUT2D eigenvalue weighted by Gasteiger charge is 2.23. The molecule has 0 N–H and O–H groups in total. The Morgan fingerprint density at radius 1 is 1.32 bits per heavy atom. The van der Waals surface area contributed by atoms with E-state index in [4.69, 9.17) is 4.74 Å². The Morgan fingerprint density at radius 3 is 2.47 bits per heavy atom. The van der Waals surface area contributed by atoms with E-state index in [9.17, 15) is 4.79 Å². The van der Waals surface area contributed by atoms with Gasteiger partial charge in [-0.1, -0.05) is 26.0 Å². The van der Waals surface area contributed by atoms with E-state index in [1.807, 2.05) is 13.8 Å². The minimum Gasteiger partial charge on any atom is -0.463 e. The molecule has 1 aliphatic heterocycles. The number of esters is 1. The van der Waals surface area contributed by atoms with E-state index < -0.39 is 0 Å². The van der Waals surface area contributed by atoms with Crippen LogP contribution in [-0.4, -0.2) is 30.6 Å². The van der Waals surface area contributed by atoms with Crippen LogP contribution in [0.5, 0.6) is 0 Å². The molecule has 1 fully saturated rings. The summed E-state index contributed by atoms with van der Waals surface area (Å²) in [6.45, 7) is 10.8. The maximum atomic E-state index is 11.8. The molecule has 0 saturated carbocycles. The average Bonchev–Trinajstić information content (AvgIpc) is 2.89. The van der Waals surface area contributed by atoms with E-state index >= 15 is 0 Å². The fourth-order valence-corrected chi connectivity index (χ4v) is 2.53. The molecular formula is C16H27NO2. The van der Waals surface area contributed by atoms with Gasteiger partial charge in [0.05, 0.1) is 6.61 Å². The summed E-state index contributed by atoms with van der Waals surface area (Å²) in [6, 6.07) is 0. The zero-order valence-electron chi connectivity index (χ0n) is 12.7. The molecule has 3 heteroatoms. The summed E-state index contributed by atoms with van der Waals surface area (Å²) < 4.78 is 5.06. The first-order chi connectivity index (χ1) is 9.10. The lowest BCUT2D eigenvalue weighted by atomic mass is 9.91. The molecule has 0 aromatic rings. The van der Waals surface area contributed by atoms with Crippen LogP contribution in [0.4, 0.5) is 0 Å². The van der Waals surface area contributed by atoms with Gasteiger partial charge in [0.1, 0.15) is 0 Å². The van der Waals surface area contributed by atoms with Gasteiger partial charge in [-0.3, -0.25) is 0 Å². The summed E-state index contributed by atoms with van der Waals surface area (Å²) in [5.41, 5.74) is 1.13. The maximum absolute atomic E-state index is 11.8. The zero-order chi connectivity index (χ0) is 14.3. The van der Waals surface area contributed by atoms with Crippen molar-refractivity contribution in [2.24, 2.45) is 11.8 Å². The molecule has 0 spiro atoms. The van der Waals surface area contributed by atoms with Gasteiger partial charge in [-0.2, -0.15) is 0 Å². The molecule has 0 unspecified atom stereocenters. The smallest absolute Gasteiger partial charge is 0.332 e. The predicted octanol–water partition coefficient (Wildman–Crippen LogP) is 3.38. The van der Waals surface area contributed by atoms with Crippen molar-refractivity contribution in [3.8, 4) is 0 Å². The second kappa shape index (κ2) is 8.03. The first kappa shape index (κ1) is 15.8. The molecule has 0 radical (unpaired) electrons. The number of nitrogens with zero attached hydrogens (tertiary/aromatic N) is 1. The van der Waals surface area contributed by atoms with E-state index in [2.05, 4.69) is 30.9 Å². The first-order valence-electron chi connectivity index (χ1n) is 7.36. The highest BCUT2D eigenvalue weighted by atomic mass is 16.5. The van der Waals surface area contributed by atoms with Crippen LogP contribution in [0.25, 0.3) is 0 Å². The third kappa shape index (κ3) is 4.73. The van der Waals surface area contributed by atoms with Crippen LogP contribution in [0.2, 0.25) is 0 Å². The van der Waals surface area contributed by atoms with Gasteiger partial charge in [-0.05, 0) is 32.6 Å². The summed E-state index contributed by atoms with van der Waals surface area (Å²) in [7, 11) is 0. The Bertz CT molecular complexity index is 341. The van der Waals surface area contributed by atoms with Crippen molar-refractivity contribution < 1.29 is 9.53 Å². The van der Waals surface area contributed by atoms with E-state index in [0.29, 0.717) is 18.4 Å². The number of carbonyl (C=O) groups excluding carboxylic acids is 1. The van der Waals surface area contributed by atoms with Gasteiger partial charge < -0.3 is 9.64 Å². The van der Waals surface area contributed by atoms with Crippen LogP contribution in [0.15, 0.2) is 23.9 Å². The minimum atomic E-state index is -0.219. The zero-order valence-corrected chi connectivity index (χ0v) is 12.7. The Hall–Kier alpha value is -1.25. The second-order valence-electron chi connectivity index (χ2n) is 5.19. The number of rotatable bonds is 6. The maximum Gasteiger partial charge on any atom is 0.332 e.